The van der Waals surface area contributed by atoms with Crippen molar-refractivity contribution in [3.63, 3.8) is 0 Å². The van der Waals surface area contributed by atoms with Gasteiger partial charge in [0.25, 0.3) is 0 Å². The van der Waals surface area contributed by atoms with Gasteiger partial charge in [-0.3, -0.25) is 0 Å². The van der Waals surface area contributed by atoms with Gasteiger partial charge in [0.1, 0.15) is 18.3 Å². The number of sulfonamides is 1. The van der Waals surface area contributed by atoms with Crippen molar-refractivity contribution in [2.24, 2.45) is 0 Å². The number of hydrogen-bond donors (Lipinski definition) is 3. The van der Waals surface area contributed by atoms with Gasteiger partial charge in [0.2, 0.25) is 21.7 Å². The topological polar surface area (TPSA) is 161 Å². The number of nitrogens with one attached hydrogen (secondary N) is 1. The molecule has 2 heterocycles. The lowest BCUT2D eigenvalue weighted by molar-refractivity contribution is 0.00790. The minimum atomic E-state index is -3.46. The number of aliphatic hydroxyl groups is 2. The zero-order valence-corrected chi connectivity index (χ0v) is 16.5. The summed E-state index contributed by atoms with van der Waals surface area (Å²) >= 11 is 0. The van der Waals surface area contributed by atoms with Gasteiger partial charge in [0, 0.05) is 12.1 Å². The molecule has 1 saturated heterocycles. The van der Waals surface area contributed by atoms with Crippen LogP contribution in [0.4, 0.5) is 0 Å². The second-order valence-corrected chi connectivity index (χ2v) is 8.43. The highest BCUT2D eigenvalue weighted by Gasteiger charge is 2.43. The Labute approximate surface area is 166 Å². The molecule has 0 amide bonds. The molecule has 158 valence electrons. The van der Waals surface area contributed by atoms with Crippen molar-refractivity contribution in [1.82, 2.24) is 14.9 Å². The molecule has 1 aliphatic heterocycles. The van der Waals surface area contributed by atoms with Gasteiger partial charge in [-0.2, -0.15) is 4.98 Å². The molecule has 0 radical (unpaired) electrons. The summed E-state index contributed by atoms with van der Waals surface area (Å²) < 4.78 is 40.0. The Balaban J connectivity index is 1.64. The maximum absolute atomic E-state index is 11.5. The fourth-order valence-electron chi connectivity index (χ4n) is 2.90. The molecule has 1 aliphatic rings. The van der Waals surface area contributed by atoms with Crippen LogP contribution in [0.2, 0.25) is 0 Å². The van der Waals surface area contributed by atoms with Gasteiger partial charge in [-0.15, -0.1) is 0 Å². The molecule has 29 heavy (non-hydrogen) atoms. The number of hydrogen-bond acceptors (Lipinski definition) is 10. The van der Waals surface area contributed by atoms with Crippen molar-refractivity contribution >= 4 is 16.0 Å². The molecule has 0 saturated carbocycles. The number of aromatic nitrogens is 2. The fraction of sp³-hybridized carbons (Fsp3) is 0.471. The lowest BCUT2D eigenvalue weighted by Crippen LogP contribution is -2.39. The van der Waals surface area contributed by atoms with Crippen molar-refractivity contribution in [3.8, 4) is 11.4 Å². The second-order valence-electron chi connectivity index (χ2n) is 6.60. The molecule has 0 unspecified atom stereocenters. The Morgan fingerprint density at radius 3 is 2.48 bits per heavy atom. The van der Waals surface area contributed by atoms with Crippen molar-refractivity contribution in [2.75, 3.05) is 19.9 Å². The number of methoxy groups -OCH3 is 1. The molecule has 4 atom stereocenters. The number of carbonyl (C=O) groups excluding carboxylic acids is 1. The zero-order chi connectivity index (χ0) is 21.2. The molecule has 0 bridgehead atoms. The summed E-state index contributed by atoms with van der Waals surface area (Å²) in [5.41, 5.74) is 0.987. The molecule has 1 aromatic carbocycles. The van der Waals surface area contributed by atoms with Crippen molar-refractivity contribution < 1.29 is 37.4 Å². The maximum atomic E-state index is 11.5. The number of benzene rings is 1. The summed E-state index contributed by atoms with van der Waals surface area (Å²) in [6, 6.07) is 6.41. The van der Waals surface area contributed by atoms with E-state index < -0.39 is 40.4 Å². The average Bonchev–Trinajstić information content (AvgIpc) is 3.26. The summed E-state index contributed by atoms with van der Waals surface area (Å²) in [5.74, 6) is -0.0130. The van der Waals surface area contributed by atoms with E-state index in [2.05, 4.69) is 19.6 Å². The lowest BCUT2D eigenvalue weighted by Gasteiger charge is -2.14. The zero-order valence-electron chi connectivity index (χ0n) is 15.7. The predicted octanol–water partition coefficient (Wildman–Crippen LogP) is -0.896. The van der Waals surface area contributed by atoms with E-state index in [4.69, 9.17) is 9.26 Å². The first-order valence-corrected chi connectivity index (χ1v) is 10.5. The van der Waals surface area contributed by atoms with Gasteiger partial charge in [0.15, 0.2) is 0 Å². The first-order chi connectivity index (χ1) is 13.7. The number of rotatable bonds is 7. The van der Waals surface area contributed by atoms with Gasteiger partial charge < -0.3 is 24.2 Å². The summed E-state index contributed by atoms with van der Waals surface area (Å²) in [7, 11) is -2.17. The molecule has 2 aromatic rings. The lowest BCUT2D eigenvalue weighted by atomic mass is 10.1. The molecule has 0 spiro atoms. The van der Waals surface area contributed by atoms with Crippen LogP contribution in [-0.4, -0.2) is 79.1 Å². The highest BCUT2D eigenvalue weighted by atomic mass is 32.2. The van der Waals surface area contributed by atoms with Gasteiger partial charge in [-0.1, -0.05) is 17.3 Å². The van der Waals surface area contributed by atoms with Gasteiger partial charge in [0.05, 0.1) is 31.5 Å². The van der Waals surface area contributed by atoms with Crippen LogP contribution in [0.5, 0.6) is 0 Å². The van der Waals surface area contributed by atoms with E-state index in [0.717, 1.165) is 6.26 Å². The van der Waals surface area contributed by atoms with Crippen molar-refractivity contribution in [2.45, 2.75) is 30.8 Å². The second kappa shape index (κ2) is 8.55. The third-order valence-corrected chi connectivity index (χ3v) is 5.11. The van der Waals surface area contributed by atoms with Crippen LogP contribution in [0.25, 0.3) is 11.4 Å². The van der Waals surface area contributed by atoms with E-state index in [1.165, 1.54) is 7.11 Å². The van der Waals surface area contributed by atoms with E-state index >= 15 is 0 Å². The van der Waals surface area contributed by atoms with E-state index in [1.807, 2.05) is 0 Å². The maximum Gasteiger partial charge on any atom is 0.337 e. The standard InChI is InChI=1S/C17H21N3O8S/c1-26-17(23)10-5-3-9(4-6-10)16-19-13(28-20-16)7-11-14(21)15(22)12(27-11)8-18-29(2,24)25/h3-6,11-12,14-15,18,21-22H,7-8H2,1-2H3/t11-,12-,14+,15-/m1/s1. The van der Waals surface area contributed by atoms with E-state index in [9.17, 15) is 23.4 Å². The SMILES string of the molecule is COC(=O)c1ccc(-c2noc(C[C@H]3O[C@H](CNS(C)(=O)=O)[C@@H](O)[C@H]3O)n2)cc1. The largest absolute Gasteiger partial charge is 0.465 e. The molecule has 1 fully saturated rings. The normalized spacial score (nSPS) is 24.6. The molecule has 12 heteroatoms. The van der Waals surface area contributed by atoms with Crippen LogP contribution in [0.1, 0.15) is 16.2 Å². The molecule has 11 nitrogen and oxygen atoms in total. The predicted molar refractivity (Wildman–Crippen MR) is 98.3 cm³/mol. The minimum Gasteiger partial charge on any atom is -0.465 e. The van der Waals surface area contributed by atoms with Crippen LogP contribution in [-0.2, 0) is 25.9 Å². The molecule has 3 N–H and O–H groups in total. The van der Waals surface area contributed by atoms with E-state index in [-0.39, 0.29) is 24.7 Å². The number of esters is 1. The fourth-order valence-corrected chi connectivity index (χ4v) is 3.36. The third kappa shape index (κ3) is 5.16. The number of ether oxygens (including phenoxy) is 2. The monoisotopic (exact) mass is 427 g/mol. The Morgan fingerprint density at radius 2 is 1.86 bits per heavy atom. The van der Waals surface area contributed by atoms with E-state index in [0.29, 0.717) is 11.1 Å². The molecular weight excluding hydrogens is 406 g/mol. The Bertz CT molecular complexity index is 959. The summed E-state index contributed by atoms with van der Waals surface area (Å²) in [4.78, 5) is 15.7. The van der Waals surface area contributed by atoms with Crippen LogP contribution < -0.4 is 4.72 Å². The Hall–Kier alpha value is -2.38. The van der Waals surface area contributed by atoms with E-state index in [1.54, 1.807) is 24.3 Å². The summed E-state index contributed by atoms with van der Waals surface area (Å²) in [6.45, 7) is -0.171. The molecule has 0 aliphatic carbocycles. The highest BCUT2D eigenvalue weighted by molar-refractivity contribution is 7.88. The van der Waals surface area contributed by atoms with Crippen LogP contribution in [0.3, 0.4) is 0 Å². The van der Waals surface area contributed by atoms with Gasteiger partial charge >= 0.3 is 5.97 Å². The number of nitrogens with zero attached hydrogens (tertiary/aromatic N) is 2. The first-order valence-electron chi connectivity index (χ1n) is 8.65. The smallest absolute Gasteiger partial charge is 0.337 e. The molecule has 1 aromatic heterocycles. The number of aliphatic hydroxyl groups excluding tert-OH is 2. The Kier molecular flexibility index (Phi) is 6.29. The van der Waals surface area contributed by atoms with Crippen LogP contribution >= 0.6 is 0 Å². The van der Waals surface area contributed by atoms with Gasteiger partial charge in [-0.25, -0.2) is 17.9 Å². The summed E-state index contributed by atoms with van der Waals surface area (Å²) in [5, 5.41) is 24.1. The van der Waals surface area contributed by atoms with Crippen molar-refractivity contribution in [1.29, 1.82) is 0 Å². The first kappa shape index (κ1) is 21.3. The number of carbonyl (C=O) groups is 1. The molecular formula is C17H21N3O8S. The highest BCUT2D eigenvalue weighted by Crippen LogP contribution is 2.25. The summed E-state index contributed by atoms with van der Waals surface area (Å²) in [6.07, 6.45) is -3.23. The van der Waals surface area contributed by atoms with Crippen LogP contribution in [0.15, 0.2) is 28.8 Å². The Morgan fingerprint density at radius 1 is 1.21 bits per heavy atom. The minimum absolute atomic E-state index is 0.0286. The van der Waals surface area contributed by atoms with Gasteiger partial charge in [-0.05, 0) is 12.1 Å². The average molecular weight is 427 g/mol. The quantitative estimate of drug-likeness (QED) is 0.472. The van der Waals surface area contributed by atoms with Crippen molar-refractivity contribution in [3.05, 3.63) is 35.7 Å². The van der Waals surface area contributed by atoms with Crippen LogP contribution in [0, 0.1) is 0 Å². The molecule has 3 rings (SSSR count). The third-order valence-electron chi connectivity index (χ3n) is 4.42.